The Hall–Kier alpha value is -1.19. The first-order valence-electron chi connectivity index (χ1n) is 8.70. The molecule has 0 radical (unpaired) electrons. The Kier molecular flexibility index (Phi) is 4.94. The van der Waals surface area contributed by atoms with E-state index in [2.05, 4.69) is 4.90 Å². The molecule has 1 aromatic rings. The third-order valence-electron chi connectivity index (χ3n) is 5.32. The number of aliphatic hydroxyl groups is 1. The number of benzene rings is 1. The molecule has 1 aliphatic carbocycles. The van der Waals surface area contributed by atoms with E-state index >= 15 is 0 Å². The Morgan fingerprint density at radius 1 is 1.09 bits per heavy atom. The Bertz CT molecular complexity index is 485. The highest BCUT2D eigenvalue weighted by Gasteiger charge is 2.33. The zero-order valence-corrected chi connectivity index (χ0v) is 13.3. The quantitative estimate of drug-likeness (QED) is 0.868. The standard InChI is InChI=1S/C19H27NO2/c21-18(16-7-3-1-4-8-16)17-9-13-20(14-10-17)15-19(22)11-5-2-6-12-19/h1,3-4,7-8,17,22H,2,5-6,9-15H2. The second-order valence-corrected chi connectivity index (χ2v) is 7.07. The second kappa shape index (κ2) is 6.93. The zero-order valence-electron chi connectivity index (χ0n) is 13.3. The fraction of sp³-hybridized carbons (Fsp3) is 0.632. The Labute approximate surface area is 133 Å². The van der Waals surface area contributed by atoms with Crippen LogP contribution in [0.15, 0.2) is 30.3 Å². The molecule has 22 heavy (non-hydrogen) atoms. The summed E-state index contributed by atoms with van der Waals surface area (Å²) in [6.07, 6.45) is 7.29. The minimum atomic E-state index is -0.478. The van der Waals surface area contributed by atoms with Gasteiger partial charge in [-0.25, -0.2) is 0 Å². The molecular formula is C19H27NO2. The highest BCUT2D eigenvalue weighted by Crippen LogP contribution is 2.30. The van der Waals surface area contributed by atoms with E-state index in [0.717, 1.165) is 63.7 Å². The van der Waals surface area contributed by atoms with E-state index in [1.807, 2.05) is 30.3 Å². The summed E-state index contributed by atoms with van der Waals surface area (Å²) >= 11 is 0. The number of hydrogen-bond acceptors (Lipinski definition) is 3. The van der Waals surface area contributed by atoms with E-state index in [1.165, 1.54) is 6.42 Å². The summed E-state index contributed by atoms with van der Waals surface area (Å²) in [5.74, 6) is 0.441. The van der Waals surface area contributed by atoms with Gasteiger partial charge in [-0.15, -0.1) is 0 Å². The number of likely N-dealkylation sites (tertiary alicyclic amines) is 1. The third-order valence-corrected chi connectivity index (χ3v) is 5.32. The molecular weight excluding hydrogens is 274 g/mol. The SMILES string of the molecule is O=C(c1ccccc1)C1CCN(CC2(O)CCCCC2)CC1. The van der Waals surface area contributed by atoms with Crippen molar-refractivity contribution in [2.24, 2.45) is 5.92 Å². The van der Waals surface area contributed by atoms with E-state index in [-0.39, 0.29) is 11.7 Å². The van der Waals surface area contributed by atoms with Crippen LogP contribution in [-0.4, -0.2) is 41.0 Å². The number of rotatable bonds is 4. The van der Waals surface area contributed by atoms with Gasteiger partial charge in [0.05, 0.1) is 5.60 Å². The van der Waals surface area contributed by atoms with Crippen LogP contribution >= 0.6 is 0 Å². The maximum absolute atomic E-state index is 12.5. The van der Waals surface area contributed by atoms with Crippen molar-refractivity contribution < 1.29 is 9.90 Å². The van der Waals surface area contributed by atoms with Gasteiger partial charge in [-0.05, 0) is 38.8 Å². The molecule has 0 aromatic heterocycles. The monoisotopic (exact) mass is 301 g/mol. The van der Waals surface area contributed by atoms with Crippen molar-refractivity contribution in [1.82, 2.24) is 4.90 Å². The molecule has 1 aliphatic heterocycles. The van der Waals surface area contributed by atoms with Crippen LogP contribution in [0.2, 0.25) is 0 Å². The lowest BCUT2D eigenvalue weighted by molar-refractivity contribution is -0.0318. The first kappa shape index (κ1) is 15.7. The van der Waals surface area contributed by atoms with Gasteiger partial charge in [0.2, 0.25) is 0 Å². The van der Waals surface area contributed by atoms with Crippen molar-refractivity contribution in [3.8, 4) is 0 Å². The first-order valence-corrected chi connectivity index (χ1v) is 8.70. The van der Waals surface area contributed by atoms with Gasteiger partial charge in [0.1, 0.15) is 0 Å². The lowest BCUT2D eigenvalue weighted by Crippen LogP contribution is -2.47. The van der Waals surface area contributed by atoms with Crippen LogP contribution in [0.4, 0.5) is 0 Å². The molecule has 0 bridgehead atoms. The molecule has 3 nitrogen and oxygen atoms in total. The van der Waals surface area contributed by atoms with Crippen molar-refractivity contribution in [3.05, 3.63) is 35.9 Å². The van der Waals surface area contributed by atoms with Crippen molar-refractivity contribution in [2.45, 2.75) is 50.5 Å². The van der Waals surface area contributed by atoms with E-state index in [0.29, 0.717) is 0 Å². The smallest absolute Gasteiger partial charge is 0.166 e. The summed E-state index contributed by atoms with van der Waals surface area (Å²) in [7, 11) is 0. The third kappa shape index (κ3) is 3.76. The summed E-state index contributed by atoms with van der Waals surface area (Å²) in [5.41, 5.74) is 0.362. The molecule has 1 saturated carbocycles. The average molecular weight is 301 g/mol. The van der Waals surface area contributed by atoms with Crippen molar-refractivity contribution in [3.63, 3.8) is 0 Å². The fourth-order valence-electron chi connectivity index (χ4n) is 3.98. The minimum Gasteiger partial charge on any atom is -0.389 e. The summed E-state index contributed by atoms with van der Waals surface area (Å²) in [4.78, 5) is 14.9. The summed E-state index contributed by atoms with van der Waals surface area (Å²) in [5, 5.41) is 10.7. The Balaban J connectivity index is 1.51. The lowest BCUT2D eigenvalue weighted by atomic mass is 9.83. The van der Waals surface area contributed by atoms with E-state index in [4.69, 9.17) is 0 Å². The van der Waals surface area contributed by atoms with Gasteiger partial charge < -0.3 is 10.0 Å². The second-order valence-electron chi connectivity index (χ2n) is 7.07. The molecule has 1 saturated heterocycles. The normalized spacial score (nSPS) is 23.3. The number of Topliss-reactive ketones (excluding diaryl/α,β-unsaturated/α-hetero) is 1. The maximum atomic E-state index is 12.5. The Morgan fingerprint density at radius 3 is 2.36 bits per heavy atom. The van der Waals surface area contributed by atoms with Gasteiger partial charge in [0.25, 0.3) is 0 Å². The number of piperidine rings is 1. The van der Waals surface area contributed by atoms with Crippen LogP contribution in [-0.2, 0) is 0 Å². The topological polar surface area (TPSA) is 40.5 Å². The molecule has 0 spiro atoms. The van der Waals surface area contributed by atoms with Gasteiger partial charge in [-0.1, -0.05) is 49.6 Å². The van der Waals surface area contributed by atoms with Crippen LogP contribution in [0.3, 0.4) is 0 Å². The van der Waals surface area contributed by atoms with Crippen molar-refractivity contribution in [2.75, 3.05) is 19.6 Å². The number of β-amino-alcohol motifs (C(OH)–C–C–N with tert-alkyl or cyclic N) is 1. The van der Waals surface area contributed by atoms with Gasteiger partial charge in [-0.2, -0.15) is 0 Å². The number of nitrogens with zero attached hydrogens (tertiary/aromatic N) is 1. The van der Waals surface area contributed by atoms with E-state index in [1.54, 1.807) is 0 Å². The molecule has 0 amide bonds. The molecule has 3 rings (SSSR count). The van der Waals surface area contributed by atoms with Crippen LogP contribution in [0.5, 0.6) is 0 Å². The molecule has 1 N–H and O–H groups in total. The fourth-order valence-corrected chi connectivity index (χ4v) is 3.98. The van der Waals surface area contributed by atoms with E-state index < -0.39 is 5.60 Å². The first-order chi connectivity index (χ1) is 10.7. The molecule has 2 aliphatic rings. The number of carbonyl (C=O) groups is 1. The summed E-state index contributed by atoms with van der Waals surface area (Å²) in [6, 6.07) is 9.64. The summed E-state index contributed by atoms with van der Waals surface area (Å²) in [6.45, 7) is 2.66. The highest BCUT2D eigenvalue weighted by atomic mass is 16.3. The molecule has 2 fully saturated rings. The number of hydrogen-bond donors (Lipinski definition) is 1. The minimum absolute atomic E-state index is 0.152. The highest BCUT2D eigenvalue weighted by molar-refractivity contribution is 5.97. The average Bonchev–Trinajstić information content (AvgIpc) is 2.56. The number of ketones is 1. The molecule has 1 aromatic carbocycles. The van der Waals surface area contributed by atoms with Crippen LogP contribution in [0, 0.1) is 5.92 Å². The zero-order chi connectivity index (χ0) is 15.4. The molecule has 0 unspecified atom stereocenters. The Morgan fingerprint density at radius 2 is 1.73 bits per heavy atom. The van der Waals surface area contributed by atoms with Gasteiger partial charge >= 0.3 is 0 Å². The molecule has 0 atom stereocenters. The molecule has 120 valence electrons. The lowest BCUT2D eigenvalue weighted by Gasteiger charge is -2.39. The van der Waals surface area contributed by atoms with Crippen LogP contribution in [0.1, 0.15) is 55.3 Å². The van der Waals surface area contributed by atoms with Gasteiger partial charge in [0.15, 0.2) is 5.78 Å². The predicted octanol–water partition coefficient (Wildman–Crippen LogP) is 3.28. The van der Waals surface area contributed by atoms with Crippen LogP contribution in [0.25, 0.3) is 0 Å². The summed E-state index contributed by atoms with van der Waals surface area (Å²) < 4.78 is 0. The van der Waals surface area contributed by atoms with Gasteiger partial charge in [0, 0.05) is 18.0 Å². The van der Waals surface area contributed by atoms with Crippen molar-refractivity contribution in [1.29, 1.82) is 0 Å². The number of carbonyl (C=O) groups excluding carboxylic acids is 1. The van der Waals surface area contributed by atoms with E-state index in [9.17, 15) is 9.90 Å². The van der Waals surface area contributed by atoms with Crippen molar-refractivity contribution >= 4 is 5.78 Å². The van der Waals surface area contributed by atoms with Crippen LogP contribution < -0.4 is 0 Å². The predicted molar refractivity (Wildman–Crippen MR) is 88.0 cm³/mol. The largest absolute Gasteiger partial charge is 0.389 e. The van der Waals surface area contributed by atoms with Gasteiger partial charge in [-0.3, -0.25) is 4.79 Å². The maximum Gasteiger partial charge on any atom is 0.166 e. The molecule has 3 heteroatoms. The molecule has 1 heterocycles.